The Hall–Kier alpha value is -3.22. The maximum absolute atomic E-state index is 12.5. The number of para-hydroxylation sites is 2. The summed E-state index contributed by atoms with van der Waals surface area (Å²) in [5.41, 5.74) is 1.60. The van der Waals surface area contributed by atoms with E-state index in [0.29, 0.717) is 34.4 Å². The second-order valence-corrected chi connectivity index (χ2v) is 11.8. The monoisotopic (exact) mass is 585 g/mol. The highest BCUT2D eigenvalue weighted by molar-refractivity contribution is 8.26. The number of amidine groups is 1. The minimum absolute atomic E-state index is 0.0634. The number of methoxy groups -OCH3 is 2. The number of aromatic nitrogens is 2. The molecule has 1 aromatic heterocycles. The van der Waals surface area contributed by atoms with E-state index in [1.54, 1.807) is 38.1 Å². The summed E-state index contributed by atoms with van der Waals surface area (Å²) in [5.74, 6) is 2.61. The fourth-order valence-electron chi connectivity index (χ4n) is 3.57. The molecule has 0 saturated heterocycles. The van der Waals surface area contributed by atoms with Crippen LogP contribution in [0.3, 0.4) is 0 Å². The molecule has 1 amide bonds. The lowest BCUT2D eigenvalue weighted by molar-refractivity contribution is -0.119. The van der Waals surface area contributed by atoms with Crippen LogP contribution in [0, 0.1) is 10.8 Å². The van der Waals surface area contributed by atoms with E-state index in [9.17, 15) is 9.59 Å². The van der Waals surface area contributed by atoms with Gasteiger partial charge in [0, 0.05) is 30.4 Å². The maximum Gasteiger partial charge on any atom is 0.230 e. The number of ketones is 1. The third-order valence-corrected chi connectivity index (χ3v) is 8.12. The van der Waals surface area contributed by atoms with Gasteiger partial charge in [-0.2, -0.15) is 11.8 Å². The van der Waals surface area contributed by atoms with Crippen molar-refractivity contribution in [1.29, 1.82) is 10.8 Å². The van der Waals surface area contributed by atoms with Gasteiger partial charge < -0.3 is 14.8 Å². The number of benzene rings is 2. The minimum Gasteiger partial charge on any atom is -0.496 e. The topological polar surface area (TPSA) is 138 Å². The molecule has 0 spiro atoms. The average molecular weight is 586 g/mol. The first-order valence-corrected chi connectivity index (χ1v) is 14.9. The van der Waals surface area contributed by atoms with Gasteiger partial charge in [-0.15, -0.1) is 21.5 Å². The summed E-state index contributed by atoms with van der Waals surface area (Å²) in [5, 5.41) is 28.8. The van der Waals surface area contributed by atoms with Crippen LogP contribution in [-0.4, -0.2) is 57.8 Å². The number of hydrogen-bond acceptors (Lipinski definition) is 11. The van der Waals surface area contributed by atoms with Crippen LogP contribution < -0.4 is 14.8 Å². The number of ether oxygens (including phenoxy) is 2. The van der Waals surface area contributed by atoms with Gasteiger partial charge in [-0.3, -0.25) is 20.4 Å². The molecule has 3 rings (SSSR count). The first kappa shape index (κ1) is 30.3. The second kappa shape index (κ2) is 16.0. The largest absolute Gasteiger partial charge is 0.496 e. The lowest BCUT2D eigenvalue weighted by Crippen LogP contribution is -2.30. The van der Waals surface area contributed by atoms with E-state index in [2.05, 4.69) is 15.5 Å². The van der Waals surface area contributed by atoms with Gasteiger partial charge in [0.15, 0.2) is 5.17 Å². The van der Waals surface area contributed by atoms with Crippen molar-refractivity contribution >= 4 is 56.8 Å². The van der Waals surface area contributed by atoms with Crippen LogP contribution in [0.25, 0.3) is 0 Å². The zero-order chi connectivity index (χ0) is 28.0. The van der Waals surface area contributed by atoms with Crippen molar-refractivity contribution in [1.82, 2.24) is 15.5 Å². The molecule has 0 fully saturated rings. The molecule has 2 aromatic carbocycles. The van der Waals surface area contributed by atoms with Crippen molar-refractivity contribution in [3.8, 4) is 11.5 Å². The molecule has 0 saturated carbocycles. The molecular weight excluding hydrogens is 555 g/mol. The Morgan fingerprint density at radius 3 is 2.15 bits per heavy atom. The molecule has 0 aliphatic heterocycles. The number of rotatable bonds is 14. The lowest BCUT2D eigenvalue weighted by atomic mass is 10.1. The zero-order valence-electron chi connectivity index (χ0n) is 21.8. The standard InChI is InChI=1S/C27H31N5O4S3/c1-35-21-9-5-3-7-18(21)15-20(33)17-26-32-31-25(39-26)12-14-37-13-11-23(28)38-27(29)30-24(34)16-19-8-4-6-10-22(19)36-2/h3-10,28H,11-17H2,1-2H3,(H2,29,30,34). The molecule has 0 aliphatic carbocycles. The van der Waals surface area contributed by atoms with Crippen LogP contribution in [0.5, 0.6) is 11.5 Å². The summed E-state index contributed by atoms with van der Waals surface area (Å²) in [4.78, 5) is 24.7. The summed E-state index contributed by atoms with van der Waals surface area (Å²) in [6.07, 6.45) is 1.87. The zero-order valence-corrected chi connectivity index (χ0v) is 24.3. The van der Waals surface area contributed by atoms with Gasteiger partial charge in [0.25, 0.3) is 0 Å². The molecule has 39 heavy (non-hydrogen) atoms. The SMILES string of the molecule is COc1ccccc1CC(=O)Cc1nnc(CCSCCC(=N)SC(=N)NC(=O)Cc2ccccc2OC)s1. The Morgan fingerprint density at radius 1 is 0.872 bits per heavy atom. The van der Waals surface area contributed by atoms with Crippen LogP contribution >= 0.6 is 34.9 Å². The number of carbonyl (C=O) groups excluding carboxylic acids is 2. The quantitative estimate of drug-likeness (QED) is 0.142. The average Bonchev–Trinajstić information content (AvgIpc) is 3.35. The molecule has 3 N–H and O–H groups in total. The van der Waals surface area contributed by atoms with E-state index < -0.39 is 0 Å². The number of amides is 1. The molecule has 0 atom stereocenters. The van der Waals surface area contributed by atoms with Gasteiger partial charge in [0.1, 0.15) is 27.3 Å². The van der Waals surface area contributed by atoms with Crippen molar-refractivity contribution in [2.45, 2.75) is 32.1 Å². The van der Waals surface area contributed by atoms with E-state index in [1.165, 1.54) is 11.3 Å². The van der Waals surface area contributed by atoms with Crippen LogP contribution in [0.15, 0.2) is 48.5 Å². The minimum atomic E-state index is -0.322. The van der Waals surface area contributed by atoms with Gasteiger partial charge in [-0.05, 0) is 35.4 Å². The highest BCUT2D eigenvalue weighted by Gasteiger charge is 2.14. The number of hydrogen-bond donors (Lipinski definition) is 3. The molecular formula is C27H31N5O4S3. The molecule has 0 unspecified atom stereocenters. The molecule has 0 bridgehead atoms. The number of aryl methyl sites for hydroxylation is 1. The molecule has 0 aliphatic rings. The predicted octanol–water partition coefficient (Wildman–Crippen LogP) is 4.58. The van der Waals surface area contributed by atoms with Gasteiger partial charge in [0.05, 0.1) is 32.1 Å². The van der Waals surface area contributed by atoms with Crippen molar-refractivity contribution in [3.63, 3.8) is 0 Å². The lowest BCUT2D eigenvalue weighted by Gasteiger charge is -2.09. The van der Waals surface area contributed by atoms with Crippen molar-refractivity contribution in [3.05, 3.63) is 69.7 Å². The number of nitrogens with zero attached hydrogens (tertiary/aromatic N) is 2. The summed E-state index contributed by atoms with van der Waals surface area (Å²) < 4.78 is 10.6. The fraction of sp³-hybridized carbons (Fsp3) is 0.333. The number of thioether (sulfide) groups is 2. The van der Waals surface area contributed by atoms with E-state index in [-0.39, 0.29) is 29.7 Å². The van der Waals surface area contributed by atoms with E-state index in [0.717, 1.165) is 45.8 Å². The summed E-state index contributed by atoms with van der Waals surface area (Å²) in [7, 11) is 3.14. The van der Waals surface area contributed by atoms with E-state index in [4.69, 9.17) is 20.3 Å². The number of nitrogens with one attached hydrogen (secondary N) is 3. The van der Waals surface area contributed by atoms with Crippen molar-refractivity contribution in [2.24, 2.45) is 0 Å². The third kappa shape index (κ3) is 10.5. The Balaban J connectivity index is 1.30. The normalized spacial score (nSPS) is 10.6. The summed E-state index contributed by atoms with van der Waals surface area (Å²) in [6, 6.07) is 14.7. The third-order valence-electron chi connectivity index (χ3n) is 5.39. The smallest absolute Gasteiger partial charge is 0.230 e. The summed E-state index contributed by atoms with van der Waals surface area (Å²) >= 11 is 4.08. The Bertz CT molecular complexity index is 1300. The van der Waals surface area contributed by atoms with E-state index in [1.807, 2.05) is 36.4 Å². The maximum atomic E-state index is 12.5. The number of Topliss-reactive ketones (excluding diaryl/α,β-unsaturated/α-hetero) is 1. The first-order valence-electron chi connectivity index (χ1n) is 12.2. The molecule has 12 heteroatoms. The van der Waals surface area contributed by atoms with Gasteiger partial charge in [0.2, 0.25) is 5.91 Å². The predicted molar refractivity (Wildman–Crippen MR) is 159 cm³/mol. The Labute approximate surface area is 240 Å². The molecule has 206 valence electrons. The van der Waals surface area contributed by atoms with Crippen molar-refractivity contribution < 1.29 is 19.1 Å². The molecule has 9 nitrogen and oxygen atoms in total. The van der Waals surface area contributed by atoms with Crippen molar-refractivity contribution in [2.75, 3.05) is 25.7 Å². The molecule has 0 radical (unpaired) electrons. The Kier molecular flexibility index (Phi) is 12.5. The van der Waals surface area contributed by atoms with Gasteiger partial charge >= 0.3 is 0 Å². The van der Waals surface area contributed by atoms with Crippen LogP contribution in [0.1, 0.15) is 27.6 Å². The highest BCUT2D eigenvalue weighted by atomic mass is 32.2. The van der Waals surface area contributed by atoms with Gasteiger partial charge in [-0.25, -0.2) is 0 Å². The van der Waals surface area contributed by atoms with Crippen LogP contribution in [-0.2, 0) is 35.3 Å². The molecule has 3 aromatic rings. The molecule has 1 heterocycles. The first-order chi connectivity index (χ1) is 18.9. The summed E-state index contributed by atoms with van der Waals surface area (Å²) in [6.45, 7) is 0. The van der Waals surface area contributed by atoms with Crippen LogP contribution in [0.2, 0.25) is 0 Å². The van der Waals surface area contributed by atoms with Crippen LogP contribution in [0.4, 0.5) is 0 Å². The fourth-order valence-corrected chi connectivity index (χ4v) is 6.21. The van der Waals surface area contributed by atoms with Gasteiger partial charge in [-0.1, -0.05) is 36.4 Å². The van der Waals surface area contributed by atoms with E-state index >= 15 is 0 Å². The Morgan fingerprint density at radius 2 is 1.49 bits per heavy atom. The number of carbonyl (C=O) groups is 2. The second-order valence-electron chi connectivity index (χ2n) is 8.30. The highest BCUT2D eigenvalue weighted by Crippen LogP contribution is 2.21.